The molecule has 0 spiro atoms. The summed E-state index contributed by atoms with van der Waals surface area (Å²) in [7, 11) is -4.19. The van der Waals surface area contributed by atoms with E-state index < -0.39 is 22.5 Å². The zero-order valence-corrected chi connectivity index (χ0v) is 19.0. The lowest BCUT2D eigenvalue weighted by molar-refractivity contribution is -0.116. The molecule has 4 rings (SSSR count). The van der Waals surface area contributed by atoms with Gasteiger partial charge in [-0.1, -0.05) is 41.4 Å². The maximum Gasteiger partial charge on any atom is 0.264 e. The van der Waals surface area contributed by atoms with Gasteiger partial charge in [-0.05, 0) is 47.5 Å². The molecular formula is C22H18Cl2N2O5S. The van der Waals surface area contributed by atoms with E-state index in [1.165, 1.54) is 18.2 Å². The lowest BCUT2D eigenvalue weighted by atomic mass is 10.0. The number of primary amides is 1. The fraction of sp³-hybridized carbons (Fsp3) is 0.136. The third-order valence-corrected chi connectivity index (χ3v) is 7.24. The van der Waals surface area contributed by atoms with Gasteiger partial charge in [-0.15, -0.1) is 0 Å². The van der Waals surface area contributed by atoms with Crippen molar-refractivity contribution in [2.24, 2.45) is 5.73 Å². The number of benzene rings is 3. The molecule has 0 saturated heterocycles. The Balaban J connectivity index is 1.82. The molecule has 0 fully saturated rings. The third-order valence-electron chi connectivity index (χ3n) is 4.88. The number of sulfonamides is 1. The van der Waals surface area contributed by atoms with Crippen molar-refractivity contribution >= 4 is 44.8 Å². The Morgan fingerprint density at radius 3 is 2.47 bits per heavy atom. The Hall–Kier alpha value is -2.94. The maximum absolute atomic E-state index is 13.6. The number of carbonyl (C=O) groups excluding carboxylic acids is 1. The molecule has 32 heavy (non-hydrogen) atoms. The van der Waals surface area contributed by atoms with Crippen molar-refractivity contribution in [2.45, 2.75) is 11.3 Å². The molecule has 1 amide bonds. The lowest BCUT2D eigenvalue weighted by Crippen LogP contribution is -2.39. The summed E-state index contributed by atoms with van der Waals surface area (Å²) in [6.45, 7) is -0.559. The summed E-state index contributed by atoms with van der Waals surface area (Å²) < 4.78 is 38.7. The molecule has 1 heterocycles. The smallest absolute Gasteiger partial charge is 0.264 e. The summed E-state index contributed by atoms with van der Waals surface area (Å²) in [4.78, 5) is 11.8. The van der Waals surface area contributed by atoms with Gasteiger partial charge in [0, 0.05) is 22.5 Å². The highest BCUT2D eigenvalue weighted by Gasteiger charge is 2.30. The van der Waals surface area contributed by atoms with E-state index in [9.17, 15) is 13.2 Å². The van der Waals surface area contributed by atoms with Gasteiger partial charge >= 0.3 is 0 Å². The number of amides is 1. The molecule has 1 aliphatic heterocycles. The molecule has 0 atom stereocenters. The minimum atomic E-state index is -4.19. The van der Waals surface area contributed by atoms with E-state index in [0.29, 0.717) is 33.5 Å². The van der Waals surface area contributed by atoms with Crippen LogP contribution in [-0.2, 0) is 21.2 Å². The van der Waals surface area contributed by atoms with Crippen LogP contribution < -0.4 is 19.5 Å². The molecule has 3 aromatic rings. The second-order valence-corrected chi connectivity index (χ2v) is 9.74. The molecule has 0 saturated carbocycles. The van der Waals surface area contributed by atoms with Crippen LogP contribution >= 0.6 is 23.2 Å². The number of fused-ring (bicyclic) bond motifs is 1. The molecular weight excluding hydrogens is 475 g/mol. The molecule has 2 N–H and O–H groups in total. The summed E-state index contributed by atoms with van der Waals surface area (Å²) in [5, 5.41) is 0.939. The minimum absolute atomic E-state index is 0.00298. The highest BCUT2D eigenvalue weighted by Crippen LogP contribution is 2.37. The van der Waals surface area contributed by atoms with E-state index in [4.69, 9.17) is 38.4 Å². The van der Waals surface area contributed by atoms with Crippen molar-refractivity contribution < 1.29 is 22.7 Å². The second-order valence-electron chi connectivity index (χ2n) is 7.03. The number of halogens is 2. The van der Waals surface area contributed by atoms with Gasteiger partial charge in [0.2, 0.25) is 12.7 Å². The van der Waals surface area contributed by atoms with E-state index >= 15 is 0 Å². The third kappa shape index (κ3) is 4.48. The number of hydrogen-bond donors (Lipinski definition) is 1. The van der Waals surface area contributed by atoms with Crippen LogP contribution in [0.1, 0.15) is 11.1 Å². The molecule has 10 heteroatoms. The number of nitrogens with two attached hydrogens (primary N) is 1. The van der Waals surface area contributed by atoms with Crippen molar-refractivity contribution in [3.05, 3.63) is 81.8 Å². The predicted molar refractivity (Wildman–Crippen MR) is 122 cm³/mol. The molecule has 0 aliphatic carbocycles. The Labute approximate surface area is 195 Å². The van der Waals surface area contributed by atoms with Crippen LogP contribution in [0.5, 0.6) is 11.5 Å². The highest BCUT2D eigenvalue weighted by atomic mass is 35.5. The van der Waals surface area contributed by atoms with Crippen molar-refractivity contribution in [3.63, 3.8) is 0 Å². The van der Waals surface area contributed by atoms with E-state index in [1.807, 2.05) is 12.1 Å². The van der Waals surface area contributed by atoms with Crippen molar-refractivity contribution in [1.29, 1.82) is 0 Å². The first-order valence-electron chi connectivity index (χ1n) is 9.48. The van der Waals surface area contributed by atoms with Crippen molar-refractivity contribution in [1.82, 2.24) is 0 Å². The van der Waals surface area contributed by atoms with Gasteiger partial charge in [-0.25, -0.2) is 8.42 Å². The fourth-order valence-electron chi connectivity index (χ4n) is 3.39. The SMILES string of the molecule is NC(=O)CN(c1ccc(Cl)cc1Cc1ccccc1Cl)S(=O)(=O)c1ccc2c(c1)OCO2. The van der Waals surface area contributed by atoms with Crippen LogP contribution in [0.25, 0.3) is 0 Å². The van der Waals surface area contributed by atoms with Crippen molar-refractivity contribution in [2.75, 3.05) is 17.6 Å². The normalized spacial score (nSPS) is 12.6. The number of rotatable bonds is 7. The Morgan fingerprint density at radius 2 is 1.72 bits per heavy atom. The summed E-state index contributed by atoms with van der Waals surface area (Å²) in [5.41, 5.74) is 7.03. The van der Waals surface area contributed by atoms with E-state index in [0.717, 1.165) is 9.87 Å². The zero-order chi connectivity index (χ0) is 22.9. The number of anilines is 1. The maximum atomic E-state index is 13.6. The van der Waals surface area contributed by atoms with Gasteiger partial charge in [-0.2, -0.15) is 0 Å². The van der Waals surface area contributed by atoms with Gasteiger partial charge in [0.1, 0.15) is 6.54 Å². The van der Waals surface area contributed by atoms with E-state index in [2.05, 4.69) is 0 Å². The Bertz CT molecular complexity index is 1300. The first-order chi connectivity index (χ1) is 15.3. The zero-order valence-electron chi connectivity index (χ0n) is 16.6. The second kappa shape index (κ2) is 8.90. The molecule has 7 nitrogen and oxygen atoms in total. The molecule has 3 aromatic carbocycles. The summed E-state index contributed by atoms with van der Waals surface area (Å²) in [6.07, 6.45) is 0.293. The van der Waals surface area contributed by atoms with E-state index in [-0.39, 0.29) is 17.4 Å². The molecule has 0 bridgehead atoms. The standard InChI is InChI=1S/C22H18Cl2N2O5S/c23-16-5-7-19(15(10-16)9-14-3-1-2-4-18(14)24)26(12-22(25)27)32(28,29)17-6-8-20-21(11-17)31-13-30-20/h1-8,10-11H,9,12-13H2,(H2,25,27). The van der Waals surface area contributed by atoms with Crippen LogP contribution in [0.15, 0.2) is 65.6 Å². The predicted octanol–water partition coefficient (Wildman–Crippen LogP) is 3.99. The molecule has 166 valence electrons. The quantitative estimate of drug-likeness (QED) is 0.537. The van der Waals surface area contributed by atoms with Crippen molar-refractivity contribution in [3.8, 4) is 11.5 Å². The van der Waals surface area contributed by atoms with Crippen LogP contribution in [0.3, 0.4) is 0 Å². The minimum Gasteiger partial charge on any atom is -0.454 e. The van der Waals surface area contributed by atoms with Gasteiger partial charge < -0.3 is 15.2 Å². The molecule has 1 aliphatic rings. The Kier molecular flexibility index (Phi) is 6.19. The summed E-state index contributed by atoms with van der Waals surface area (Å²) >= 11 is 12.5. The van der Waals surface area contributed by atoms with Gasteiger partial charge in [-0.3, -0.25) is 9.10 Å². The number of hydrogen-bond acceptors (Lipinski definition) is 5. The molecule has 0 unspecified atom stereocenters. The Morgan fingerprint density at radius 1 is 0.969 bits per heavy atom. The summed E-state index contributed by atoms with van der Waals surface area (Å²) in [5.74, 6) is -0.0678. The summed E-state index contributed by atoms with van der Waals surface area (Å²) in [6, 6.07) is 16.2. The number of nitrogens with zero attached hydrogens (tertiary/aromatic N) is 1. The molecule has 0 radical (unpaired) electrons. The van der Waals surface area contributed by atoms with Gasteiger partial charge in [0.05, 0.1) is 10.6 Å². The van der Waals surface area contributed by atoms with Crippen LogP contribution in [0.4, 0.5) is 5.69 Å². The molecule has 0 aromatic heterocycles. The number of carbonyl (C=O) groups is 1. The lowest BCUT2D eigenvalue weighted by Gasteiger charge is -2.26. The fourth-order valence-corrected chi connectivity index (χ4v) is 5.27. The largest absolute Gasteiger partial charge is 0.454 e. The number of ether oxygens (including phenoxy) is 2. The van der Waals surface area contributed by atoms with E-state index in [1.54, 1.807) is 30.3 Å². The van der Waals surface area contributed by atoms with Gasteiger partial charge in [0.15, 0.2) is 11.5 Å². The topological polar surface area (TPSA) is 98.9 Å². The van der Waals surface area contributed by atoms with Crippen LogP contribution in [-0.4, -0.2) is 27.7 Å². The highest BCUT2D eigenvalue weighted by molar-refractivity contribution is 7.92. The first-order valence-corrected chi connectivity index (χ1v) is 11.7. The monoisotopic (exact) mass is 492 g/mol. The average molecular weight is 493 g/mol. The first kappa shape index (κ1) is 22.3. The van der Waals surface area contributed by atoms with Crippen LogP contribution in [0.2, 0.25) is 10.0 Å². The van der Waals surface area contributed by atoms with Gasteiger partial charge in [0.25, 0.3) is 10.0 Å². The average Bonchev–Trinajstić information content (AvgIpc) is 3.22. The van der Waals surface area contributed by atoms with Crippen LogP contribution in [0, 0.1) is 0 Å².